The van der Waals surface area contributed by atoms with Gasteiger partial charge in [-0.1, -0.05) is 42.5 Å². The highest BCUT2D eigenvalue weighted by molar-refractivity contribution is 14.1. The van der Waals surface area contributed by atoms with E-state index in [1.807, 2.05) is 48.7 Å². The number of hydrogen-bond donors (Lipinski definition) is 1. The number of hydrogen-bond acceptors (Lipinski definition) is 3. The Balaban J connectivity index is 1.60. The molecule has 0 saturated carbocycles. The molecule has 0 bridgehead atoms. The summed E-state index contributed by atoms with van der Waals surface area (Å²) in [6.45, 7) is 0.532. The highest BCUT2D eigenvalue weighted by Gasteiger charge is 2.25. The number of rotatable bonds is 5. The van der Waals surface area contributed by atoms with Gasteiger partial charge < -0.3 is 5.32 Å². The van der Waals surface area contributed by atoms with Crippen LogP contribution in [-0.4, -0.2) is 12.1 Å². The Hall–Kier alpha value is -1.99. The summed E-state index contributed by atoms with van der Waals surface area (Å²) >= 11 is 3.97. The van der Waals surface area contributed by atoms with Gasteiger partial charge in [0, 0.05) is 21.2 Å². The molecule has 28 heavy (non-hydrogen) atoms. The minimum absolute atomic E-state index is 0.0157. The molecule has 0 fully saturated rings. The average molecular weight is 500 g/mol. The van der Waals surface area contributed by atoms with E-state index in [0.29, 0.717) is 6.54 Å². The number of fused-ring (bicyclic) bond motifs is 1. The molecule has 142 valence electrons. The molecule has 0 aliphatic heterocycles. The van der Waals surface area contributed by atoms with E-state index in [2.05, 4.69) is 40.0 Å². The molecule has 1 heterocycles. The molecule has 0 unspecified atom stereocenters. The Morgan fingerprint density at radius 1 is 1.07 bits per heavy atom. The third-order valence-electron chi connectivity index (χ3n) is 4.88. The predicted molar refractivity (Wildman–Crippen MR) is 125 cm³/mol. The molecule has 1 amide bonds. The lowest BCUT2D eigenvalue weighted by molar-refractivity contribution is 0.0951. The van der Waals surface area contributed by atoms with Gasteiger partial charge in [0.15, 0.2) is 0 Å². The fraction of sp³-hybridized carbons (Fsp3) is 0.217. The van der Waals surface area contributed by atoms with Gasteiger partial charge in [-0.15, -0.1) is 11.3 Å². The van der Waals surface area contributed by atoms with E-state index in [4.69, 9.17) is 4.99 Å². The van der Waals surface area contributed by atoms with Crippen LogP contribution in [0.3, 0.4) is 0 Å². The van der Waals surface area contributed by atoms with Crippen molar-refractivity contribution in [3.05, 3.63) is 85.3 Å². The lowest BCUT2D eigenvalue weighted by Gasteiger charge is -2.12. The molecular weight excluding hydrogens is 479 g/mol. The van der Waals surface area contributed by atoms with Crippen molar-refractivity contribution in [1.82, 2.24) is 5.32 Å². The van der Waals surface area contributed by atoms with E-state index >= 15 is 0 Å². The molecule has 2 aromatic carbocycles. The third-order valence-corrected chi connectivity index (χ3v) is 6.80. The van der Waals surface area contributed by atoms with Gasteiger partial charge in [0.25, 0.3) is 5.91 Å². The maximum Gasteiger partial charge on any atom is 0.254 e. The van der Waals surface area contributed by atoms with Crippen molar-refractivity contribution >= 4 is 51.1 Å². The van der Waals surface area contributed by atoms with Crippen LogP contribution in [0.5, 0.6) is 0 Å². The first-order valence-electron chi connectivity index (χ1n) is 9.47. The van der Waals surface area contributed by atoms with E-state index < -0.39 is 0 Å². The topological polar surface area (TPSA) is 41.5 Å². The Kier molecular flexibility index (Phi) is 6.22. The summed E-state index contributed by atoms with van der Waals surface area (Å²) in [5.74, 6) is -0.0157. The summed E-state index contributed by atoms with van der Waals surface area (Å²) < 4.78 is 1.20. The Labute approximate surface area is 183 Å². The minimum Gasteiger partial charge on any atom is -0.348 e. The van der Waals surface area contributed by atoms with Crippen LogP contribution >= 0.6 is 33.9 Å². The van der Waals surface area contributed by atoms with Crippen LogP contribution < -0.4 is 5.32 Å². The SMILES string of the molecule is O=C(NCc1ccccc1)c1c(N=Cc2ccc(I)cc2)sc2c1CCCC2. The fourth-order valence-electron chi connectivity index (χ4n) is 3.43. The number of benzene rings is 2. The molecule has 0 saturated heterocycles. The highest BCUT2D eigenvalue weighted by Crippen LogP contribution is 2.39. The Morgan fingerprint density at radius 2 is 1.82 bits per heavy atom. The zero-order chi connectivity index (χ0) is 19.3. The van der Waals surface area contributed by atoms with E-state index in [1.165, 1.54) is 20.4 Å². The maximum absolute atomic E-state index is 13.0. The van der Waals surface area contributed by atoms with Gasteiger partial charge in [-0.25, -0.2) is 4.99 Å². The van der Waals surface area contributed by atoms with E-state index in [0.717, 1.165) is 41.0 Å². The fourth-order valence-corrected chi connectivity index (χ4v) is 5.02. The minimum atomic E-state index is -0.0157. The number of aliphatic imine (C=N–C) groups is 1. The molecule has 0 radical (unpaired) electrons. The van der Waals surface area contributed by atoms with Crippen molar-refractivity contribution in [1.29, 1.82) is 0 Å². The number of nitrogens with zero attached hydrogens (tertiary/aromatic N) is 1. The van der Waals surface area contributed by atoms with Crippen LogP contribution in [0, 0.1) is 3.57 Å². The molecule has 1 N–H and O–H groups in total. The first-order chi connectivity index (χ1) is 13.7. The zero-order valence-corrected chi connectivity index (χ0v) is 18.4. The first-order valence-corrected chi connectivity index (χ1v) is 11.4. The van der Waals surface area contributed by atoms with Gasteiger partial charge in [0.2, 0.25) is 0 Å². The Morgan fingerprint density at radius 3 is 2.61 bits per heavy atom. The summed E-state index contributed by atoms with van der Waals surface area (Å²) in [4.78, 5) is 19.1. The summed E-state index contributed by atoms with van der Waals surface area (Å²) in [7, 11) is 0. The largest absolute Gasteiger partial charge is 0.348 e. The number of nitrogens with one attached hydrogen (secondary N) is 1. The number of halogens is 1. The van der Waals surface area contributed by atoms with Gasteiger partial charge in [-0.05, 0) is 77.1 Å². The maximum atomic E-state index is 13.0. The standard InChI is InChI=1S/C23H21IN2OS/c24-18-12-10-17(11-13-18)15-26-23-21(19-8-4-5-9-20(19)28-23)22(27)25-14-16-6-2-1-3-7-16/h1-3,6-7,10-13,15H,4-5,8-9,14H2,(H,25,27). The summed E-state index contributed by atoms with van der Waals surface area (Å²) in [5.41, 5.74) is 4.13. The second kappa shape index (κ2) is 9.01. The molecule has 3 aromatic rings. The van der Waals surface area contributed by atoms with Crippen LogP contribution in [0.2, 0.25) is 0 Å². The lowest BCUT2D eigenvalue weighted by Crippen LogP contribution is -2.24. The number of amides is 1. The van der Waals surface area contributed by atoms with Crippen molar-refractivity contribution < 1.29 is 4.79 Å². The van der Waals surface area contributed by atoms with Crippen LogP contribution in [0.4, 0.5) is 5.00 Å². The molecule has 3 nitrogen and oxygen atoms in total. The van der Waals surface area contributed by atoms with Crippen LogP contribution in [0.15, 0.2) is 59.6 Å². The predicted octanol–water partition coefficient (Wildman–Crippen LogP) is 5.91. The monoisotopic (exact) mass is 500 g/mol. The number of thiophene rings is 1. The third kappa shape index (κ3) is 4.52. The van der Waals surface area contributed by atoms with Gasteiger partial charge in [0.05, 0.1) is 5.56 Å². The van der Waals surface area contributed by atoms with Gasteiger partial charge in [-0.3, -0.25) is 4.79 Å². The molecule has 4 rings (SSSR count). The van der Waals surface area contributed by atoms with Crippen molar-refractivity contribution in [2.24, 2.45) is 4.99 Å². The number of carbonyl (C=O) groups is 1. The second-order valence-electron chi connectivity index (χ2n) is 6.87. The quantitative estimate of drug-likeness (QED) is 0.344. The molecule has 5 heteroatoms. The van der Waals surface area contributed by atoms with Crippen molar-refractivity contribution in [2.75, 3.05) is 0 Å². The smallest absolute Gasteiger partial charge is 0.254 e. The summed E-state index contributed by atoms with van der Waals surface area (Å²) in [6, 6.07) is 18.2. The molecule has 0 atom stereocenters. The van der Waals surface area contributed by atoms with E-state index in [1.54, 1.807) is 11.3 Å². The van der Waals surface area contributed by atoms with Gasteiger partial charge in [0.1, 0.15) is 5.00 Å². The number of aryl methyl sites for hydroxylation is 1. The zero-order valence-electron chi connectivity index (χ0n) is 15.5. The van der Waals surface area contributed by atoms with Crippen molar-refractivity contribution in [2.45, 2.75) is 32.2 Å². The van der Waals surface area contributed by atoms with Crippen molar-refractivity contribution in [3.63, 3.8) is 0 Å². The average Bonchev–Trinajstić information content (AvgIpc) is 3.11. The van der Waals surface area contributed by atoms with Crippen LogP contribution in [0.1, 0.15) is 44.8 Å². The van der Waals surface area contributed by atoms with Crippen molar-refractivity contribution in [3.8, 4) is 0 Å². The summed E-state index contributed by atoms with van der Waals surface area (Å²) in [6.07, 6.45) is 6.22. The lowest BCUT2D eigenvalue weighted by atomic mass is 9.95. The summed E-state index contributed by atoms with van der Waals surface area (Å²) in [5, 5.41) is 3.92. The van der Waals surface area contributed by atoms with E-state index in [-0.39, 0.29) is 5.91 Å². The molecular formula is C23H21IN2OS. The van der Waals surface area contributed by atoms with Crippen LogP contribution in [-0.2, 0) is 19.4 Å². The Bertz CT molecular complexity index is 993. The molecule has 1 aliphatic carbocycles. The van der Waals surface area contributed by atoms with Crippen LogP contribution in [0.25, 0.3) is 0 Å². The first kappa shape index (κ1) is 19.3. The van der Waals surface area contributed by atoms with Gasteiger partial charge in [-0.2, -0.15) is 0 Å². The number of carbonyl (C=O) groups excluding carboxylic acids is 1. The molecule has 1 aliphatic rings. The van der Waals surface area contributed by atoms with Gasteiger partial charge >= 0.3 is 0 Å². The second-order valence-corrected chi connectivity index (χ2v) is 9.20. The molecule has 1 aromatic heterocycles. The highest BCUT2D eigenvalue weighted by atomic mass is 127. The van der Waals surface area contributed by atoms with E-state index in [9.17, 15) is 4.79 Å². The normalized spacial score (nSPS) is 13.5. The molecule has 0 spiro atoms.